The average molecular weight is 481 g/mol. The molecule has 35 heavy (non-hydrogen) atoms. The molecule has 2 aromatic heterocycles. The van der Waals surface area contributed by atoms with Gasteiger partial charge in [-0.3, -0.25) is 4.79 Å². The van der Waals surface area contributed by atoms with Crippen molar-refractivity contribution in [3.05, 3.63) is 68.7 Å². The van der Waals surface area contributed by atoms with Gasteiger partial charge in [-0.1, -0.05) is 6.08 Å². The van der Waals surface area contributed by atoms with E-state index in [1.807, 2.05) is 0 Å². The number of hydrogen-bond acceptors (Lipinski definition) is 9. The molecule has 9 nitrogen and oxygen atoms in total. The molecule has 184 valence electrons. The first-order valence-electron chi connectivity index (χ1n) is 11.2. The Morgan fingerprint density at radius 3 is 2.77 bits per heavy atom. The molecule has 1 atom stereocenters. The van der Waals surface area contributed by atoms with Crippen molar-refractivity contribution in [2.24, 2.45) is 0 Å². The van der Waals surface area contributed by atoms with Crippen molar-refractivity contribution in [3.8, 4) is 11.5 Å². The van der Waals surface area contributed by atoms with Gasteiger partial charge in [0.1, 0.15) is 52.4 Å². The van der Waals surface area contributed by atoms with Crippen molar-refractivity contribution in [1.82, 2.24) is 4.98 Å². The SMILES string of the molecule is C/C=C(/C)C(=O)O[C@@H]1Cc2c(c(Cc3ccnc(N)c3)c3oc(CO)cc(=O)c3c2O)OC1(C)C. The lowest BCUT2D eigenvalue weighted by atomic mass is 9.86. The normalized spacial score (nSPS) is 17.1. The fourth-order valence-corrected chi connectivity index (χ4v) is 4.17. The minimum absolute atomic E-state index is 0.0315. The van der Waals surface area contributed by atoms with Crippen molar-refractivity contribution in [2.75, 3.05) is 5.73 Å². The monoisotopic (exact) mass is 480 g/mol. The number of phenols is 1. The topological polar surface area (TPSA) is 145 Å². The number of fused-ring (bicyclic) bond motifs is 2. The number of allylic oxidation sites excluding steroid dienone is 1. The summed E-state index contributed by atoms with van der Waals surface area (Å²) in [6.45, 7) is 6.48. The highest BCUT2D eigenvalue weighted by Crippen LogP contribution is 2.46. The van der Waals surface area contributed by atoms with Gasteiger partial charge in [0.2, 0.25) is 0 Å². The van der Waals surface area contributed by atoms with Crippen molar-refractivity contribution < 1.29 is 28.9 Å². The molecule has 0 radical (unpaired) electrons. The van der Waals surface area contributed by atoms with Crippen LogP contribution in [-0.4, -0.2) is 32.9 Å². The molecule has 0 unspecified atom stereocenters. The van der Waals surface area contributed by atoms with E-state index in [0.29, 0.717) is 28.3 Å². The van der Waals surface area contributed by atoms with Crippen LogP contribution < -0.4 is 15.9 Å². The summed E-state index contributed by atoms with van der Waals surface area (Å²) in [4.78, 5) is 29.4. The summed E-state index contributed by atoms with van der Waals surface area (Å²) in [7, 11) is 0. The van der Waals surface area contributed by atoms with Gasteiger partial charge >= 0.3 is 5.97 Å². The largest absolute Gasteiger partial charge is 0.507 e. The number of aromatic hydroxyl groups is 1. The van der Waals surface area contributed by atoms with Crippen molar-refractivity contribution in [3.63, 3.8) is 0 Å². The van der Waals surface area contributed by atoms with E-state index in [1.54, 1.807) is 52.1 Å². The molecule has 9 heteroatoms. The Bertz CT molecular complexity index is 1410. The molecule has 0 aliphatic carbocycles. The second-order valence-electron chi connectivity index (χ2n) is 9.12. The van der Waals surface area contributed by atoms with Crippen LogP contribution in [0.1, 0.15) is 50.1 Å². The van der Waals surface area contributed by atoms with Crippen LogP contribution in [0.25, 0.3) is 11.0 Å². The summed E-state index contributed by atoms with van der Waals surface area (Å²) < 4.78 is 17.9. The number of esters is 1. The Balaban J connectivity index is 1.94. The van der Waals surface area contributed by atoms with E-state index in [-0.39, 0.29) is 35.3 Å². The fourth-order valence-electron chi connectivity index (χ4n) is 4.17. The number of nitrogens with zero attached hydrogens (tertiary/aromatic N) is 1. The molecule has 1 aliphatic rings. The lowest BCUT2D eigenvalue weighted by Crippen LogP contribution is -2.49. The maximum atomic E-state index is 12.9. The first kappa shape index (κ1) is 24.3. The van der Waals surface area contributed by atoms with Crippen LogP contribution in [0.15, 0.2) is 45.3 Å². The smallest absolute Gasteiger partial charge is 0.333 e. The lowest BCUT2D eigenvalue weighted by Gasteiger charge is -2.40. The zero-order chi connectivity index (χ0) is 25.5. The second-order valence-corrected chi connectivity index (χ2v) is 9.12. The number of phenolic OH excluding ortho intramolecular Hbond substituents is 1. The fraction of sp³-hybridized carbons (Fsp3) is 0.346. The van der Waals surface area contributed by atoms with E-state index in [2.05, 4.69) is 4.98 Å². The molecule has 0 spiro atoms. The number of ether oxygens (including phenoxy) is 2. The number of pyridine rings is 1. The number of nitrogen functional groups attached to an aromatic ring is 1. The van der Waals surface area contributed by atoms with E-state index >= 15 is 0 Å². The molecule has 3 heterocycles. The van der Waals surface area contributed by atoms with Crippen LogP contribution in [0.2, 0.25) is 0 Å². The van der Waals surface area contributed by atoms with Gasteiger partial charge in [0.15, 0.2) is 5.43 Å². The molecule has 3 aromatic rings. The first-order chi connectivity index (χ1) is 16.6. The molecule has 0 amide bonds. The summed E-state index contributed by atoms with van der Waals surface area (Å²) >= 11 is 0. The lowest BCUT2D eigenvalue weighted by molar-refractivity contribution is -0.156. The number of carbonyl (C=O) groups excluding carboxylic acids is 1. The van der Waals surface area contributed by atoms with Gasteiger partial charge in [-0.2, -0.15) is 0 Å². The van der Waals surface area contributed by atoms with Crippen molar-refractivity contribution in [2.45, 2.75) is 58.8 Å². The zero-order valence-electron chi connectivity index (χ0n) is 20.0. The van der Waals surface area contributed by atoms with Gasteiger partial charge in [-0.15, -0.1) is 0 Å². The van der Waals surface area contributed by atoms with Gasteiger partial charge in [0.25, 0.3) is 0 Å². The van der Waals surface area contributed by atoms with Crippen LogP contribution in [0.5, 0.6) is 11.5 Å². The van der Waals surface area contributed by atoms with Crippen LogP contribution >= 0.6 is 0 Å². The minimum atomic E-state index is -0.961. The number of carbonyl (C=O) groups is 1. The summed E-state index contributed by atoms with van der Waals surface area (Å²) in [5.41, 5.74) is 6.58. The van der Waals surface area contributed by atoms with Crippen LogP contribution in [0.4, 0.5) is 5.82 Å². The van der Waals surface area contributed by atoms with Crippen molar-refractivity contribution in [1.29, 1.82) is 0 Å². The van der Waals surface area contributed by atoms with E-state index < -0.39 is 29.7 Å². The molecule has 0 saturated carbocycles. The molecule has 0 fully saturated rings. The third-order valence-corrected chi connectivity index (χ3v) is 6.26. The Kier molecular flexibility index (Phi) is 6.29. The number of aliphatic hydroxyl groups is 1. The number of rotatable bonds is 5. The molecule has 4 rings (SSSR count). The highest BCUT2D eigenvalue weighted by Gasteiger charge is 2.43. The number of anilines is 1. The van der Waals surface area contributed by atoms with E-state index in [9.17, 15) is 19.8 Å². The first-order valence-corrected chi connectivity index (χ1v) is 11.2. The molecular weight excluding hydrogens is 452 g/mol. The van der Waals surface area contributed by atoms with Gasteiger partial charge < -0.3 is 29.8 Å². The third-order valence-electron chi connectivity index (χ3n) is 6.26. The van der Waals surface area contributed by atoms with Crippen LogP contribution in [0.3, 0.4) is 0 Å². The van der Waals surface area contributed by atoms with E-state index in [4.69, 9.17) is 19.6 Å². The van der Waals surface area contributed by atoms with Gasteiger partial charge in [-0.05, 0) is 45.4 Å². The Morgan fingerprint density at radius 2 is 2.11 bits per heavy atom. The molecule has 4 N–H and O–H groups in total. The Labute approximate surface area is 201 Å². The Morgan fingerprint density at radius 1 is 1.37 bits per heavy atom. The number of benzene rings is 1. The van der Waals surface area contributed by atoms with E-state index in [1.165, 1.54) is 0 Å². The third kappa shape index (κ3) is 4.46. The van der Waals surface area contributed by atoms with Crippen LogP contribution in [-0.2, 0) is 29.0 Å². The minimum Gasteiger partial charge on any atom is -0.507 e. The zero-order valence-corrected chi connectivity index (χ0v) is 20.0. The summed E-state index contributed by atoms with van der Waals surface area (Å²) in [6.07, 6.45) is 2.87. The average Bonchev–Trinajstić information content (AvgIpc) is 2.81. The summed E-state index contributed by atoms with van der Waals surface area (Å²) in [6, 6.07) is 4.61. The number of aromatic nitrogens is 1. The molecule has 1 aromatic carbocycles. The summed E-state index contributed by atoms with van der Waals surface area (Å²) in [5, 5.41) is 20.7. The summed E-state index contributed by atoms with van der Waals surface area (Å²) in [5.74, 6) is -0.0720. The molecular formula is C26H28N2O7. The van der Waals surface area contributed by atoms with Crippen LogP contribution in [0, 0.1) is 0 Å². The maximum absolute atomic E-state index is 12.9. The number of aliphatic hydroxyl groups excluding tert-OH is 1. The number of hydrogen-bond donors (Lipinski definition) is 3. The standard InChI is InChI=1S/C26H28N2O7/c1-5-13(2)25(32)34-19-11-16-22(31)21-18(30)10-15(12-29)33-24(21)17(23(16)35-26(19,3)4)8-14-6-7-28-20(27)9-14/h5-7,9-10,19,29,31H,8,11-12H2,1-4H3,(H2,27,28)/b13-5-/t19-/m1/s1. The second kappa shape index (κ2) is 9.07. The predicted molar refractivity (Wildman–Crippen MR) is 129 cm³/mol. The quantitative estimate of drug-likeness (QED) is 0.370. The van der Waals surface area contributed by atoms with E-state index in [0.717, 1.165) is 11.6 Å². The predicted octanol–water partition coefficient (Wildman–Crippen LogP) is 3.15. The van der Waals surface area contributed by atoms with Crippen molar-refractivity contribution >= 4 is 22.8 Å². The highest BCUT2D eigenvalue weighted by molar-refractivity contribution is 5.91. The molecule has 0 saturated heterocycles. The maximum Gasteiger partial charge on any atom is 0.333 e. The van der Waals surface area contributed by atoms with Gasteiger partial charge in [0, 0.05) is 41.8 Å². The molecule has 0 bridgehead atoms. The molecule has 1 aliphatic heterocycles. The number of nitrogens with two attached hydrogens (primary N) is 1. The van der Waals surface area contributed by atoms with Gasteiger partial charge in [-0.25, -0.2) is 9.78 Å². The Hall–Kier alpha value is -3.85. The van der Waals surface area contributed by atoms with Gasteiger partial charge in [0.05, 0.1) is 0 Å². The highest BCUT2D eigenvalue weighted by atomic mass is 16.6.